The van der Waals surface area contributed by atoms with Crippen LogP contribution in [-0.2, 0) is 9.09 Å². The molecule has 168 valence electrons. The number of ether oxygens (including phenoxy) is 1. The van der Waals surface area contributed by atoms with Crippen molar-refractivity contribution >= 4 is 47.0 Å². The number of furan rings is 1. The van der Waals surface area contributed by atoms with E-state index < -0.39 is 20.5 Å². The van der Waals surface area contributed by atoms with Crippen molar-refractivity contribution in [2.45, 2.75) is 6.18 Å². The van der Waals surface area contributed by atoms with Crippen LogP contribution >= 0.6 is 19.3 Å². The van der Waals surface area contributed by atoms with Gasteiger partial charge in [-0.2, -0.15) is 13.2 Å². The van der Waals surface area contributed by atoms with Crippen molar-refractivity contribution in [2.24, 2.45) is 0 Å². The molecule has 0 aliphatic heterocycles. The zero-order chi connectivity index (χ0) is 22.9. The molecule has 4 rings (SSSR count). The molecule has 1 atom stereocenters. The Bertz CT molecular complexity index is 1310. The van der Waals surface area contributed by atoms with Crippen LogP contribution in [-0.4, -0.2) is 19.9 Å². The number of methoxy groups -OCH3 is 1. The minimum atomic E-state index is -4.73. The number of nitrogens with one attached hydrogen (secondary N) is 1. The highest BCUT2D eigenvalue weighted by Crippen LogP contribution is 2.51. The smallest absolute Gasteiger partial charge is 0.486 e. The predicted molar refractivity (Wildman–Crippen MR) is 116 cm³/mol. The summed E-state index contributed by atoms with van der Waals surface area (Å²) in [5, 5.41) is 4.35. The Morgan fingerprint density at radius 1 is 1.03 bits per heavy atom. The summed E-state index contributed by atoms with van der Waals surface area (Å²) in [6, 6.07) is 15.9. The Balaban J connectivity index is 1.73. The Morgan fingerprint density at radius 3 is 2.44 bits per heavy atom. The maximum absolute atomic E-state index is 13.3. The summed E-state index contributed by atoms with van der Waals surface area (Å²) in [5.41, 5.74) is 1.08. The molecule has 0 unspecified atom stereocenters. The molecule has 1 N–H and O–H groups in total. The summed E-state index contributed by atoms with van der Waals surface area (Å²) in [7, 11) is -3.19. The summed E-state index contributed by atoms with van der Waals surface area (Å²) in [6.45, 7) is -1.79. The van der Waals surface area contributed by atoms with E-state index in [0.29, 0.717) is 21.6 Å². The molecule has 1 aromatic heterocycles. The van der Waals surface area contributed by atoms with Crippen molar-refractivity contribution in [1.82, 2.24) is 0 Å². The van der Waals surface area contributed by atoms with E-state index in [-0.39, 0.29) is 17.2 Å². The number of fused-ring (bicyclic) bond motifs is 3. The third-order valence-electron chi connectivity index (χ3n) is 4.39. The maximum atomic E-state index is 13.3. The van der Waals surface area contributed by atoms with Crippen LogP contribution in [0, 0.1) is 0 Å². The first-order chi connectivity index (χ1) is 15.2. The number of halogens is 4. The molecule has 0 bridgehead atoms. The van der Waals surface area contributed by atoms with Crippen LogP contribution in [0.4, 0.5) is 18.9 Å². The van der Waals surface area contributed by atoms with Crippen molar-refractivity contribution in [1.29, 1.82) is 0 Å². The summed E-state index contributed by atoms with van der Waals surface area (Å²) >= 11 is 5.82. The largest absolute Gasteiger partial charge is 0.495 e. The Labute approximate surface area is 185 Å². The fourth-order valence-electron chi connectivity index (χ4n) is 3.03. The fourth-order valence-corrected chi connectivity index (χ4v) is 4.50. The average Bonchev–Trinajstić information content (AvgIpc) is 3.10. The van der Waals surface area contributed by atoms with Gasteiger partial charge in [0.15, 0.2) is 6.61 Å². The Hall–Kier alpha value is -2.87. The Morgan fingerprint density at radius 2 is 1.75 bits per heavy atom. The number of rotatable bonds is 7. The van der Waals surface area contributed by atoms with E-state index in [4.69, 9.17) is 25.3 Å². The van der Waals surface area contributed by atoms with Crippen LogP contribution in [0.5, 0.6) is 11.5 Å². The van der Waals surface area contributed by atoms with Gasteiger partial charge in [-0.15, -0.1) is 0 Å². The van der Waals surface area contributed by atoms with Gasteiger partial charge in [0, 0.05) is 21.9 Å². The van der Waals surface area contributed by atoms with Gasteiger partial charge in [0.2, 0.25) is 0 Å². The molecule has 0 saturated heterocycles. The molecule has 3 aromatic carbocycles. The lowest BCUT2D eigenvalue weighted by Crippen LogP contribution is -2.19. The van der Waals surface area contributed by atoms with Gasteiger partial charge in [-0.05, 0) is 36.4 Å². The second-order valence-corrected chi connectivity index (χ2v) is 8.79. The van der Waals surface area contributed by atoms with Gasteiger partial charge in [-0.25, -0.2) is 4.57 Å². The van der Waals surface area contributed by atoms with Crippen LogP contribution in [0.3, 0.4) is 0 Å². The van der Waals surface area contributed by atoms with Crippen LogP contribution in [0.15, 0.2) is 65.1 Å². The van der Waals surface area contributed by atoms with Gasteiger partial charge in [-0.3, -0.25) is 9.61 Å². The molecule has 32 heavy (non-hydrogen) atoms. The van der Waals surface area contributed by atoms with Crippen molar-refractivity contribution in [2.75, 3.05) is 18.8 Å². The average molecular weight is 486 g/mol. The number of para-hydroxylation sites is 1. The van der Waals surface area contributed by atoms with Gasteiger partial charge < -0.3 is 13.7 Å². The number of benzene rings is 3. The normalized spacial score (nSPS) is 13.8. The number of alkyl halides is 3. The molecule has 11 heteroatoms. The van der Waals surface area contributed by atoms with Crippen molar-refractivity contribution in [3.8, 4) is 11.5 Å². The van der Waals surface area contributed by atoms with Crippen LogP contribution in [0.25, 0.3) is 21.9 Å². The lowest BCUT2D eigenvalue weighted by molar-refractivity contribution is -0.154. The summed E-state index contributed by atoms with van der Waals surface area (Å²) < 4.78 is 72.8. The van der Waals surface area contributed by atoms with E-state index in [1.165, 1.54) is 37.4 Å². The predicted octanol–water partition coefficient (Wildman–Crippen LogP) is 7.43. The highest BCUT2D eigenvalue weighted by atomic mass is 35.5. The van der Waals surface area contributed by atoms with E-state index in [1.807, 2.05) is 12.1 Å². The van der Waals surface area contributed by atoms with Gasteiger partial charge in [0.05, 0.1) is 12.8 Å². The van der Waals surface area contributed by atoms with Crippen LogP contribution in [0.1, 0.15) is 0 Å². The van der Waals surface area contributed by atoms with Gasteiger partial charge in [0.1, 0.15) is 22.7 Å². The molecular weight excluding hydrogens is 470 g/mol. The van der Waals surface area contributed by atoms with E-state index in [0.717, 1.165) is 5.39 Å². The van der Waals surface area contributed by atoms with Crippen molar-refractivity contribution < 1.29 is 35.9 Å². The summed E-state index contributed by atoms with van der Waals surface area (Å²) in [5.74, 6) is 0.204. The number of anilines is 1. The number of hydrogen-bond donors (Lipinski definition) is 1. The van der Waals surface area contributed by atoms with Crippen LogP contribution in [0.2, 0.25) is 5.02 Å². The maximum Gasteiger partial charge on any atom is 0.486 e. The lowest BCUT2D eigenvalue weighted by Gasteiger charge is -2.22. The molecule has 1 heterocycles. The fraction of sp³-hybridized carbons (Fsp3) is 0.143. The molecule has 0 saturated carbocycles. The van der Waals surface area contributed by atoms with E-state index in [9.17, 15) is 17.7 Å². The van der Waals surface area contributed by atoms with E-state index in [2.05, 4.69) is 9.61 Å². The molecule has 0 amide bonds. The zero-order valence-corrected chi connectivity index (χ0v) is 18.1. The van der Waals surface area contributed by atoms with Crippen molar-refractivity contribution in [3.05, 3.63) is 65.7 Å². The van der Waals surface area contributed by atoms with E-state index >= 15 is 0 Å². The zero-order valence-electron chi connectivity index (χ0n) is 16.5. The molecule has 0 spiro atoms. The lowest BCUT2D eigenvalue weighted by atomic mass is 10.1. The topological polar surface area (TPSA) is 69.9 Å². The second kappa shape index (κ2) is 8.58. The Kier molecular flexibility index (Phi) is 5.99. The summed E-state index contributed by atoms with van der Waals surface area (Å²) in [4.78, 5) is 0. The minimum Gasteiger partial charge on any atom is -0.495 e. The minimum absolute atomic E-state index is 0.00353. The standard InChI is InChI=1S/C21H16ClF3NO5P/c1-28-20-10-16-15-4-2-3-5-18(15)30-19(16)11-17(20)26-32(27,29-12-21(23,24)25)31-14-8-6-13(22)7-9-14/h2-11H,12H2,1H3,(H,26,27)/t32-/m0/s1. The quantitative estimate of drug-likeness (QED) is 0.275. The molecular formula is C21H16ClF3NO5P. The van der Waals surface area contributed by atoms with Crippen LogP contribution < -0.4 is 14.3 Å². The highest BCUT2D eigenvalue weighted by molar-refractivity contribution is 7.55. The molecule has 6 nitrogen and oxygen atoms in total. The van der Waals surface area contributed by atoms with Gasteiger partial charge in [0.25, 0.3) is 0 Å². The van der Waals surface area contributed by atoms with Gasteiger partial charge in [-0.1, -0.05) is 29.8 Å². The van der Waals surface area contributed by atoms with Crippen molar-refractivity contribution in [3.63, 3.8) is 0 Å². The summed E-state index contributed by atoms with van der Waals surface area (Å²) in [6.07, 6.45) is -4.73. The first-order valence-corrected chi connectivity index (χ1v) is 11.1. The first kappa shape index (κ1) is 22.3. The molecule has 4 aromatic rings. The molecule has 0 fully saturated rings. The van der Waals surface area contributed by atoms with E-state index in [1.54, 1.807) is 18.2 Å². The third kappa shape index (κ3) is 4.96. The number of hydrogen-bond acceptors (Lipinski definition) is 5. The van der Waals surface area contributed by atoms with Gasteiger partial charge >= 0.3 is 13.9 Å². The third-order valence-corrected chi connectivity index (χ3v) is 6.08. The first-order valence-electron chi connectivity index (χ1n) is 9.20. The molecule has 0 aliphatic carbocycles. The highest BCUT2D eigenvalue weighted by Gasteiger charge is 2.36. The monoisotopic (exact) mass is 485 g/mol. The molecule has 0 radical (unpaired) electrons. The molecule has 0 aliphatic rings. The second-order valence-electron chi connectivity index (χ2n) is 6.69. The SMILES string of the molecule is COc1cc2c(cc1N[P@](=O)(OCC(F)(F)F)Oc1ccc(Cl)cc1)oc1ccccc12.